The Labute approximate surface area is 179 Å². The summed E-state index contributed by atoms with van der Waals surface area (Å²) < 4.78 is 4.89. The van der Waals surface area contributed by atoms with Gasteiger partial charge >= 0.3 is 11.9 Å². The van der Waals surface area contributed by atoms with Gasteiger partial charge in [0.05, 0.1) is 6.42 Å². The largest absolute Gasteiger partial charge is 0.477 e. The number of hydrogen-bond acceptors (Lipinski definition) is 8. The number of hydrogen-bond donors (Lipinski definition) is 3. The summed E-state index contributed by atoms with van der Waals surface area (Å²) in [7, 11) is 0. The first kappa shape index (κ1) is 21.8. The summed E-state index contributed by atoms with van der Waals surface area (Å²) >= 11 is 2.54. The number of carbonyl (C=O) groups is 5. The lowest BCUT2D eigenvalue weighted by atomic mass is 9.94. The zero-order valence-electron chi connectivity index (χ0n) is 16.1. The summed E-state index contributed by atoms with van der Waals surface area (Å²) in [5.74, 6) is -3.60. The number of fused-ring (bicyclic) bond motifs is 1. The zero-order valence-corrected chi connectivity index (χ0v) is 17.7. The van der Waals surface area contributed by atoms with Crippen molar-refractivity contribution in [1.29, 1.82) is 0 Å². The average molecular weight is 453 g/mol. The summed E-state index contributed by atoms with van der Waals surface area (Å²) in [6, 6.07) is 3.56. The van der Waals surface area contributed by atoms with Gasteiger partial charge in [0.25, 0.3) is 5.91 Å². The van der Waals surface area contributed by atoms with E-state index in [1.54, 1.807) is 12.1 Å². The Morgan fingerprint density at radius 3 is 2.60 bits per heavy atom. The second-order valence-corrected chi connectivity index (χ2v) is 8.77. The topological polar surface area (TPSA) is 142 Å². The number of esters is 1. The van der Waals surface area contributed by atoms with Crippen LogP contribution in [0, 0.1) is 0 Å². The van der Waals surface area contributed by atoms with Gasteiger partial charge in [0, 0.05) is 30.1 Å². The van der Waals surface area contributed by atoms with Crippen molar-refractivity contribution in [3.8, 4) is 0 Å². The maximum atomic E-state index is 13.1. The molecule has 3 rings (SSSR count). The van der Waals surface area contributed by atoms with E-state index in [9.17, 15) is 29.1 Å². The molecule has 1 saturated heterocycles. The van der Waals surface area contributed by atoms with Gasteiger partial charge in [-0.05, 0) is 11.4 Å². The number of nitrogens with zero attached hydrogens (tertiary/aromatic N) is 1. The van der Waals surface area contributed by atoms with Crippen molar-refractivity contribution in [3.63, 3.8) is 0 Å². The van der Waals surface area contributed by atoms with E-state index in [0.717, 1.165) is 21.5 Å². The third kappa shape index (κ3) is 4.05. The van der Waals surface area contributed by atoms with Crippen LogP contribution >= 0.6 is 23.1 Å². The number of carbonyl (C=O) groups excluding carboxylic acids is 4. The summed E-state index contributed by atoms with van der Waals surface area (Å²) in [5.41, 5.74) is -1.80. The van der Waals surface area contributed by atoms with Crippen LogP contribution in [0.2, 0.25) is 0 Å². The van der Waals surface area contributed by atoms with Crippen molar-refractivity contribution in [3.05, 3.63) is 33.7 Å². The Morgan fingerprint density at radius 2 is 2.03 bits per heavy atom. The van der Waals surface area contributed by atoms with Gasteiger partial charge in [-0.15, -0.1) is 23.1 Å². The first-order valence-electron chi connectivity index (χ1n) is 8.81. The molecule has 2 atom stereocenters. The fraction of sp³-hybridized carbons (Fsp3) is 0.389. The maximum absolute atomic E-state index is 13.1. The minimum absolute atomic E-state index is 0.0169. The molecule has 3 amide bonds. The average Bonchev–Trinajstić information content (AvgIpc) is 3.16. The fourth-order valence-electron chi connectivity index (χ4n) is 3.29. The van der Waals surface area contributed by atoms with Crippen molar-refractivity contribution in [1.82, 2.24) is 15.5 Å². The van der Waals surface area contributed by atoms with Crippen LogP contribution in [0.15, 0.2) is 28.8 Å². The molecule has 1 aromatic rings. The quantitative estimate of drug-likeness (QED) is 0.299. The van der Waals surface area contributed by atoms with Gasteiger partial charge in [0.15, 0.2) is 0 Å². The Hall–Kier alpha value is -2.86. The molecule has 160 valence electrons. The predicted octanol–water partition coefficient (Wildman–Crippen LogP) is 0.0561. The number of amides is 3. The second kappa shape index (κ2) is 8.48. The fourth-order valence-corrected chi connectivity index (χ4v) is 5.40. The second-order valence-electron chi connectivity index (χ2n) is 6.67. The van der Waals surface area contributed by atoms with Gasteiger partial charge in [-0.25, -0.2) is 4.79 Å². The number of thioether (sulfide) groups is 1. The number of rotatable bonds is 7. The molecule has 0 radical (unpaired) electrons. The molecule has 1 unspecified atom stereocenters. The maximum Gasteiger partial charge on any atom is 0.352 e. The molecule has 1 fully saturated rings. The number of β-lactam (4-membered cyclic amide) rings is 1. The molecule has 12 heteroatoms. The van der Waals surface area contributed by atoms with Crippen LogP contribution < -0.4 is 10.6 Å². The number of carboxylic acids is 1. The van der Waals surface area contributed by atoms with Crippen LogP contribution in [-0.4, -0.2) is 63.1 Å². The van der Waals surface area contributed by atoms with Crippen LogP contribution in [-0.2, 0) is 35.1 Å². The SMILES string of the molecule is CC(=O)NC1(NC(=O)Cc2cccs2)C(=O)N2C(C(=O)O)=C(COC(C)=O)CS[C@@H]21. The number of aliphatic carboxylic acids is 1. The number of ether oxygens (including phenoxy) is 1. The third-order valence-electron chi connectivity index (χ3n) is 4.43. The van der Waals surface area contributed by atoms with Gasteiger partial charge in [-0.1, -0.05) is 6.07 Å². The van der Waals surface area contributed by atoms with Gasteiger partial charge in [-0.3, -0.25) is 24.1 Å². The highest BCUT2D eigenvalue weighted by atomic mass is 32.2. The number of carboxylic acid groups (broad SMARTS) is 1. The molecule has 1 aromatic heterocycles. The van der Waals surface area contributed by atoms with E-state index in [2.05, 4.69) is 10.6 Å². The van der Waals surface area contributed by atoms with Crippen molar-refractivity contribution < 1.29 is 33.8 Å². The van der Waals surface area contributed by atoms with Crippen LogP contribution in [0.4, 0.5) is 0 Å². The molecule has 0 aromatic carbocycles. The van der Waals surface area contributed by atoms with Crippen LogP contribution in [0.1, 0.15) is 18.7 Å². The van der Waals surface area contributed by atoms with Gasteiger partial charge in [0.2, 0.25) is 17.5 Å². The van der Waals surface area contributed by atoms with E-state index in [1.165, 1.54) is 25.2 Å². The van der Waals surface area contributed by atoms with Crippen LogP contribution in [0.5, 0.6) is 0 Å². The van der Waals surface area contributed by atoms with Crippen LogP contribution in [0.3, 0.4) is 0 Å². The summed E-state index contributed by atoms with van der Waals surface area (Å²) in [6.07, 6.45) is 0.0169. The first-order valence-corrected chi connectivity index (χ1v) is 10.7. The lowest BCUT2D eigenvalue weighted by Gasteiger charge is -2.56. The van der Waals surface area contributed by atoms with E-state index in [-0.39, 0.29) is 30.1 Å². The molecular formula is C18H19N3O7S2. The van der Waals surface area contributed by atoms with Gasteiger partial charge in [0.1, 0.15) is 17.7 Å². The molecule has 30 heavy (non-hydrogen) atoms. The predicted molar refractivity (Wildman–Crippen MR) is 107 cm³/mol. The van der Waals surface area contributed by atoms with Crippen LogP contribution in [0.25, 0.3) is 0 Å². The standard InChI is InChI=1S/C18H19N3O7S2/c1-9(22)19-18(20-13(24)6-12-4-3-5-29-12)16(27)21-14(15(25)26)11(7-28-10(2)23)8-30-17(18)21/h3-5,17H,6-8H2,1-2H3,(H,19,22)(H,20,24)(H,25,26)/t17-,18?/m1/s1. The van der Waals surface area contributed by atoms with E-state index >= 15 is 0 Å². The first-order chi connectivity index (χ1) is 14.2. The normalized spacial score (nSPS) is 22.7. The summed E-state index contributed by atoms with van der Waals surface area (Å²) in [4.78, 5) is 62.1. The minimum Gasteiger partial charge on any atom is -0.477 e. The molecule has 3 N–H and O–H groups in total. The molecule has 0 aliphatic carbocycles. The Kier molecular flexibility index (Phi) is 6.17. The molecule has 0 spiro atoms. The van der Waals surface area contributed by atoms with Crippen molar-refractivity contribution in [2.75, 3.05) is 12.4 Å². The third-order valence-corrected chi connectivity index (χ3v) is 6.70. The lowest BCUT2D eigenvalue weighted by Crippen LogP contribution is -2.85. The van der Waals surface area contributed by atoms with Crippen molar-refractivity contribution >= 4 is 52.8 Å². The summed E-state index contributed by atoms with van der Waals surface area (Å²) in [5, 5.41) is 15.7. The van der Waals surface area contributed by atoms with Crippen molar-refractivity contribution in [2.24, 2.45) is 0 Å². The Balaban J connectivity index is 1.88. The highest BCUT2D eigenvalue weighted by Crippen LogP contribution is 2.45. The molecule has 0 saturated carbocycles. The Bertz CT molecular complexity index is 944. The molecular weight excluding hydrogens is 434 g/mol. The molecule has 0 bridgehead atoms. The van der Waals surface area contributed by atoms with E-state index in [0.29, 0.717) is 0 Å². The lowest BCUT2D eigenvalue weighted by molar-refractivity contribution is -0.163. The zero-order chi connectivity index (χ0) is 22.1. The molecule has 2 aliphatic heterocycles. The van der Waals surface area contributed by atoms with Crippen molar-refractivity contribution in [2.45, 2.75) is 31.3 Å². The highest BCUT2D eigenvalue weighted by molar-refractivity contribution is 8.00. The van der Waals surface area contributed by atoms with E-state index in [1.807, 2.05) is 5.38 Å². The molecule has 3 heterocycles. The monoisotopic (exact) mass is 453 g/mol. The molecule has 2 aliphatic rings. The smallest absolute Gasteiger partial charge is 0.352 e. The number of thiophene rings is 1. The number of nitrogens with one attached hydrogen (secondary N) is 2. The highest BCUT2D eigenvalue weighted by Gasteiger charge is 2.66. The van der Waals surface area contributed by atoms with E-state index < -0.39 is 40.7 Å². The van der Waals surface area contributed by atoms with E-state index in [4.69, 9.17) is 4.74 Å². The molecule has 10 nitrogen and oxygen atoms in total. The van der Waals surface area contributed by atoms with Gasteiger partial charge < -0.3 is 20.5 Å². The summed E-state index contributed by atoms with van der Waals surface area (Å²) in [6.45, 7) is 2.13. The minimum atomic E-state index is -1.75. The van der Waals surface area contributed by atoms with Gasteiger partial charge in [-0.2, -0.15) is 0 Å². The Morgan fingerprint density at radius 1 is 1.30 bits per heavy atom.